The number of amides is 2. The number of carbonyl (C=O) groups excluding carboxylic acids is 1. The molecule has 1 aromatic rings. The summed E-state index contributed by atoms with van der Waals surface area (Å²) in [6.45, 7) is 0.765. The van der Waals surface area contributed by atoms with E-state index < -0.39 is 0 Å². The molecule has 0 aliphatic heterocycles. The van der Waals surface area contributed by atoms with E-state index in [1.807, 2.05) is 24.3 Å². The van der Waals surface area contributed by atoms with Gasteiger partial charge in [0.15, 0.2) is 0 Å². The summed E-state index contributed by atoms with van der Waals surface area (Å²) in [4.78, 5) is 12.3. The predicted molar refractivity (Wildman–Crippen MR) is 97.8 cm³/mol. The second kappa shape index (κ2) is 7.91. The molecular formula is C20H28N2O3. The Kier molecular flexibility index (Phi) is 5.63. The van der Waals surface area contributed by atoms with Crippen LogP contribution in [0.1, 0.15) is 37.7 Å². The number of aliphatic hydroxyl groups is 1. The van der Waals surface area contributed by atoms with Gasteiger partial charge in [0.25, 0.3) is 0 Å². The van der Waals surface area contributed by atoms with E-state index in [0.717, 1.165) is 25.0 Å². The van der Waals surface area contributed by atoms with Gasteiger partial charge >= 0.3 is 6.03 Å². The summed E-state index contributed by atoms with van der Waals surface area (Å²) in [5.74, 6) is 1.02. The Morgan fingerprint density at radius 2 is 2.12 bits per heavy atom. The van der Waals surface area contributed by atoms with Gasteiger partial charge in [0.1, 0.15) is 5.75 Å². The van der Waals surface area contributed by atoms with Crippen molar-refractivity contribution in [1.82, 2.24) is 10.6 Å². The minimum absolute atomic E-state index is 0.00787. The summed E-state index contributed by atoms with van der Waals surface area (Å²) in [7, 11) is 1.68. The van der Waals surface area contributed by atoms with Crippen LogP contribution in [0.5, 0.6) is 5.75 Å². The molecule has 25 heavy (non-hydrogen) atoms. The number of hydrogen-bond donors (Lipinski definition) is 3. The lowest BCUT2D eigenvalue weighted by molar-refractivity contribution is 0.228. The first-order valence-corrected chi connectivity index (χ1v) is 9.13. The molecule has 136 valence electrons. The van der Waals surface area contributed by atoms with Crippen LogP contribution in [-0.2, 0) is 5.41 Å². The summed E-state index contributed by atoms with van der Waals surface area (Å²) < 4.78 is 5.37. The van der Waals surface area contributed by atoms with Gasteiger partial charge in [-0.05, 0) is 37.0 Å². The number of ether oxygens (including phenoxy) is 1. The lowest BCUT2D eigenvalue weighted by atomic mass is 9.78. The number of nitrogens with one attached hydrogen (secondary N) is 2. The highest BCUT2D eigenvalue weighted by Crippen LogP contribution is 2.41. The molecule has 0 saturated heterocycles. The van der Waals surface area contributed by atoms with Gasteiger partial charge in [-0.15, -0.1) is 0 Å². The van der Waals surface area contributed by atoms with Gasteiger partial charge < -0.3 is 20.5 Å². The minimum atomic E-state index is -0.137. The maximum Gasteiger partial charge on any atom is 0.315 e. The zero-order valence-electron chi connectivity index (χ0n) is 14.8. The Hall–Kier alpha value is -2.01. The molecule has 3 N–H and O–H groups in total. The Balaban J connectivity index is 1.60. The van der Waals surface area contributed by atoms with E-state index >= 15 is 0 Å². The fraction of sp³-hybridized carbons (Fsp3) is 0.550. The first kappa shape index (κ1) is 17.8. The van der Waals surface area contributed by atoms with Gasteiger partial charge in [0.2, 0.25) is 0 Å². The summed E-state index contributed by atoms with van der Waals surface area (Å²) in [5.41, 5.74) is 1.23. The molecule has 2 atom stereocenters. The molecule has 0 spiro atoms. The van der Waals surface area contributed by atoms with Gasteiger partial charge in [-0.25, -0.2) is 4.79 Å². The van der Waals surface area contributed by atoms with E-state index in [2.05, 4.69) is 22.8 Å². The highest BCUT2D eigenvalue weighted by atomic mass is 16.5. The summed E-state index contributed by atoms with van der Waals surface area (Å²) in [5, 5.41) is 15.2. The first-order chi connectivity index (χ1) is 12.1. The van der Waals surface area contributed by atoms with Gasteiger partial charge in [-0.2, -0.15) is 0 Å². The molecule has 2 aliphatic carbocycles. The second-order valence-electron chi connectivity index (χ2n) is 7.22. The van der Waals surface area contributed by atoms with Crippen LogP contribution in [0.15, 0.2) is 36.4 Å². The average Bonchev–Trinajstić information content (AvgIpc) is 3.30. The number of rotatable bonds is 6. The SMILES string of the molecule is COc1cccc(C2(CNC(=O)N[C@@H]3C=C[C@H](CO)C3)CCCC2)c1. The highest BCUT2D eigenvalue weighted by molar-refractivity contribution is 5.74. The summed E-state index contributed by atoms with van der Waals surface area (Å²) in [6, 6.07) is 8.08. The van der Waals surface area contributed by atoms with Crippen molar-refractivity contribution in [3.8, 4) is 5.75 Å². The summed E-state index contributed by atoms with van der Waals surface area (Å²) in [6.07, 6.45) is 9.24. The van der Waals surface area contributed by atoms with Gasteiger partial charge in [-0.1, -0.05) is 37.1 Å². The molecule has 5 heteroatoms. The Morgan fingerprint density at radius 1 is 1.32 bits per heavy atom. The molecule has 5 nitrogen and oxygen atoms in total. The van der Waals surface area contributed by atoms with E-state index in [1.165, 1.54) is 18.4 Å². The number of urea groups is 1. The lowest BCUT2D eigenvalue weighted by Crippen LogP contribution is -2.46. The zero-order valence-corrected chi connectivity index (χ0v) is 14.8. The van der Waals surface area contributed by atoms with E-state index in [1.54, 1.807) is 7.11 Å². The molecule has 1 saturated carbocycles. The maximum atomic E-state index is 12.3. The smallest absolute Gasteiger partial charge is 0.315 e. The number of benzene rings is 1. The quantitative estimate of drug-likeness (QED) is 0.695. The molecule has 2 amide bonds. The first-order valence-electron chi connectivity index (χ1n) is 9.13. The molecule has 0 aromatic heterocycles. The van der Waals surface area contributed by atoms with Crippen molar-refractivity contribution in [2.75, 3.05) is 20.3 Å². The Morgan fingerprint density at radius 3 is 2.80 bits per heavy atom. The summed E-state index contributed by atoms with van der Waals surface area (Å²) >= 11 is 0. The molecule has 2 aliphatic rings. The van der Waals surface area contributed by atoms with Gasteiger partial charge in [0, 0.05) is 30.5 Å². The molecular weight excluding hydrogens is 316 g/mol. The topological polar surface area (TPSA) is 70.6 Å². The van der Waals surface area contributed by atoms with Crippen LogP contribution < -0.4 is 15.4 Å². The Labute approximate surface area is 149 Å². The van der Waals surface area contributed by atoms with Crippen LogP contribution in [0.2, 0.25) is 0 Å². The fourth-order valence-corrected chi connectivity index (χ4v) is 4.06. The average molecular weight is 344 g/mol. The largest absolute Gasteiger partial charge is 0.497 e. The number of methoxy groups -OCH3 is 1. The molecule has 1 aromatic carbocycles. The zero-order chi connectivity index (χ0) is 17.7. The van der Waals surface area contributed by atoms with Gasteiger partial charge in [-0.3, -0.25) is 0 Å². The van der Waals surface area contributed by atoms with Crippen molar-refractivity contribution in [1.29, 1.82) is 0 Å². The number of aliphatic hydroxyl groups excluding tert-OH is 1. The third-order valence-electron chi connectivity index (χ3n) is 5.55. The predicted octanol–water partition coefficient (Wildman–Crippen LogP) is 2.74. The van der Waals surface area contributed by atoms with Crippen LogP contribution >= 0.6 is 0 Å². The third kappa shape index (κ3) is 4.15. The standard InChI is InChI=1S/C20H28N2O3/c1-25-18-6-4-5-16(12-18)20(9-2-3-10-20)14-21-19(24)22-17-8-7-15(11-17)13-23/h4-8,12,15,17,23H,2-3,9-11,13-14H2,1H3,(H2,21,22,24)/t15-,17+/m0/s1. The van der Waals surface area contributed by atoms with Crippen molar-refractivity contribution in [3.05, 3.63) is 42.0 Å². The van der Waals surface area contributed by atoms with Crippen molar-refractivity contribution in [3.63, 3.8) is 0 Å². The third-order valence-corrected chi connectivity index (χ3v) is 5.55. The molecule has 0 unspecified atom stereocenters. The van der Waals surface area contributed by atoms with Gasteiger partial charge in [0.05, 0.1) is 7.11 Å². The van der Waals surface area contributed by atoms with E-state index in [0.29, 0.717) is 6.54 Å². The van der Waals surface area contributed by atoms with Crippen LogP contribution in [0.3, 0.4) is 0 Å². The molecule has 1 fully saturated rings. The van der Waals surface area contributed by atoms with E-state index in [4.69, 9.17) is 4.74 Å². The van der Waals surface area contributed by atoms with Crippen LogP contribution in [0.25, 0.3) is 0 Å². The van der Waals surface area contributed by atoms with Crippen molar-refractivity contribution in [2.45, 2.75) is 43.6 Å². The van der Waals surface area contributed by atoms with Crippen LogP contribution in [-0.4, -0.2) is 37.4 Å². The normalized spacial score (nSPS) is 24.2. The highest BCUT2D eigenvalue weighted by Gasteiger charge is 2.36. The number of carbonyl (C=O) groups is 1. The Bertz CT molecular complexity index is 623. The molecule has 0 radical (unpaired) electrons. The lowest BCUT2D eigenvalue weighted by Gasteiger charge is -2.30. The van der Waals surface area contributed by atoms with Crippen molar-refractivity contribution >= 4 is 6.03 Å². The van der Waals surface area contributed by atoms with E-state index in [-0.39, 0.29) is 30.0 Å². The molecule has 0 heterocycles. The molecule has 3 rings (SSSR count). The van der Waals surface area contributed by atoms with Crippen molar-refractivity contribution in [2.24, 2.45) is 5.92 Å². The minimum Gasteiger partial charge on any atom is -0.497 e. The maximum absolute atomic E-state index is 12.3. The van der Waals surface area contributed by atoms with E-state index in [9.17, 15) is 9.90 Å². The second-order valence-corrected chi connectivity index (χ2v) is 7.22. The molecule has 0 bridgehead atoms. The van der Waals surface area contributed by atoms with Crippen LogP contribution in [0, 0.1) is 5.92 Å². The van der Waals surface area contributed by atoms with Crippen LogP contribution in [0.4, 0.5) is 4.79 Å². The fourth-order valence-electron chi connectivity index (χ4n) is 4.06. The monoisotopic (exact) mass is 344 g/mol. The number of hydrogen-bond acceptors (Lipinski definition) is 3. The van der Waals surface area contributed by atoms with Crippen molar-refractivity contribution < 1.29 is 14.6 Å².